The van der Waals surface area contributed by atoms with Crippen LogP contribution in [0.2, 0.25) is 0 Å². The Hall–Kier alpha value is -2.90. The number of aromatic carboxylic acids is 3. The molecule has 0 fully saturated rings. The van der Waals surface area contributed by atoms with Crippen LogP contribution in [0.5, 0.6) is 0 Å². The van der Waals surface area contributed by atoms with Gasteiger partial charge in [-0.3, -0.25) is 4.79 Å². The van der Waals surface area contributed by atoms with E-state index in [-0.39, 0.29) is 6.42 Å². The first-order chi connectivity index (χ1) is 9.77. The van der Waals surface area contributed by atoms with Gasteiger partial charge in [-0.1, -0.05) is 6.92 Å². The first-order valence-corrected chi connectivity index (χ1v) is 5.95. The maximum atomic E-state index is 11.6. The molecule has 1 aromatic carbocycles. The van der Waals surface area contributed by atoms with Crippen molar-refractivity contribution in [1.82, 2.24) is 0 Å². The van der Waals surface area contributed by atoms with Gasteiger partial charge in [-0.05, 0) is 18.6 Å². The molecule has 112 valence electrons. The van der Waals surface area contributed by atoms with Gasteiger partial charge in [0.05, 0.1) is 22.4 Å². The van der Waals surface area contributed by atoms with E-state index in [2.05, 4.69) is 5.32 Å². The van der Waals surface area contributed by atoms with Crippen molar-refractivity contribution in [2.45, 2.75) is 19.8 Å². The first-order valence-electron chi connectivity index (χ1n) is 5.95. The second kappa shape index (κ2) is 6.51. The van der Waals surface area contributed by atoms with Crippen LogP contribution in [0.3, 0.4) is 0 Å². The SMILES string of the molecule is CCCC(=O)Nc1c(C(=O)O)cc(C(=O)O)cc1C(=O)O. The van der Waals surface area contributed by atoms with Crippen molar-refractivity contribution >= 4 is 29.5 Å². The Balaban J connectivity index is 3.50. The van der Waals surface area contributed by atoms with Crippen LogP contribution in [0.1, 0.15) is 50.8 Å². The van der Waals surface area contributed by atoms with Gasteiger partial charge < -0.3 is 20.6 Å². The van der Waals surface area contributed by atoms with E-state index in [0.717, 1.165) is 12.1 Å². The highest BCUT2D eigenvalue weighted by molar-refractivity contribution is 6.10. The second-order valence-electron chi connectivity index (χ2n) is 4.16. The maximum Gasteiger partial charge on any atom is 0.337 e. The number of carbonyl (C=O) groups is 4. The van der Waals surface area contributed by atoms with Gasteiger partial charge in [-0.25, -0.2) is 14.4 Å². The van der Waals surface area contributed by atoms with Gasteiger partial charge in [0.15, 0.2) is 0 Å². The highest BCUT2D eigenvalue weighted by Crippen LogP contribution is 2.24. The van der Waals surface area contributed by atoms with Crippen LogP contribution < -0.4 is 5.32 Å². The predicted octanol–water partition coefficient (Wildman–Crippen LogP) is 1.52. The molecule has 1 rings (SSSR count). The Kier molecular flexibility index (Phi) is 5.01. The molecular formula is C13H13NO7. The monoisotopic (exact) mass is 295 g/mol. The molecule has 0 aliphatic rings. The van der Waals surface area contributed by atoms with E-state index < -0.39 is 46.2 Å². The molecule has 0 saturated heterocycles. The number of benzene rings is 1. The van der Waals surface area contributed by atoms with Crippen molar-refractivity contribution in [3.8, 4) is 0 Å². The molecule has 8 heteroatoms. The first kappa shape index (κ1) is 16.2. The quantitative estimate of drug-likeness (QED) is 0.623. The standard InChI is InChI=1S/C13H13NO7/c1-2-3-9(15)14-10-7(12(18)19)4-6(11(16)17)5-8(10)13(20)21/h4-5H,2-3H2,1H3,(H,14,15)(H,16,17)(H,18,19)(H,20,21). The Morgan fingerprint density at radius 1 is 0.952 bits per heavy atom. The molecule has 0 aliphatic heterocycles. The fraction of sp³-hybridized carbons (Fsp3) is 0.231. The van der Waals surface area contributed by atoms with Crippen LogP contribution in [0, 0.1) is 0 Å². The molecule has 1 aromatic rings. The normalized spacial score (nSPS) is 9.95. The Bertz CT molecular complexity index is 586. The van der Waals surface area contributed by atoms with Crippen molar-refractivity contribution in [3.63, 3.8) is 0 Å². The van der Waals surface area contributed by atoms with Crippen LogP contribution >= 0.6 is 0 Å². The van der Waals surface area contributed by atoms with E-state index in [1.165, 1.54) is 0 Å². The van der Waals surface area contributed by atoms with E-state index in [9.17, 15) is 19.2 Å². The minimum atomic E-state index is -1.53. The zero-order valence-corrected chi connectivity index (χ0v) is 11.0. The minimum absolute atomic E-state index is 0.0821. The third-order valence-corrected chi connectivity index (χ3v) is 2.59. The lowest BCUT2D eigenvalue weighted by atomic mass is 10.0. The van der Waals surface area contributed by atoms with E-state index >= 15 is 0 Å². The molecule has 21 heavy (non-hydrogen) atoms. The van der Waals surface area contributed by atoms with Gasteiger partial charge in [-0.2, -0.15) is 0 Å². The lowest BCUT2D eigenvalue weighted by Gasteiger charge is -2.12. The van der Waals surface area contributed by atoms with Gasteiger partial charge >= 0.3 is 17.9 Å². The van der Waals surface area contributed by atoms with Crippen LogP contribution in [0.4, 0.5) is 5.69 Å². The highest BCUT2D eigenvalue weighted by atomic mass is 16.4. The number of carboxylic acid groups (broad SMARTS) is 3. The summed E-state index contributed by atoms with van der Waals surface area (Å²) in [5.41, 5.74) is -2.08. The summed E-state index contributed by atoms with van der Waals surface area (Å²) in [6, 6.07) is 1.61. The molecule has 0 aliphatic carbocycles. The summed E-state index contributed by atoms with van der Waals surface area (Å²) in [5.74, 6) is -5.09. The Labute approximate surface area is 119 Å². The van der Waals surface area contributed by atoms with E-state index in [1.54, 1.807) is 6.92 Å². The molecule has 0 aromatic heterocycles. The topological polar surface area (TPSA) is 141 Å². The summed E-state index contributed by atoms with van der Waals surface area (Å²) in [6.45, 7) is 1.73. The zero-order chi connectivity index (χ0) is 16.2. The Morgan fingerprint density at radius 3 is 1.76 bits per heavy atom. The van der Waals surface area contributed by atoms with Gasteiger partial charge in [0.2, 0.25) is 5.91 Å². The van der Waals surface area contributed by atoms with Crippen molar-refractivity contribution in [1.29, 1.82) is 0 Å². The average molecular weight is 295 g/mol. The molecular weight excluding hydrogens is 282 g/mol. The second-order valence-corrected chi connectivity index (χ2v) is 4.16. The molecule has 0 atom stereocenters. The van der Waals surface area contributed by atoms with E-state index in [4.69, 9.17) is 15.3 Å². The molecule has 0 saturated carbocycles. The fourth-order valence-electron chi connectivity index (χ4n) is 1.67. The summed E-state index contributed by atoms with van der Waals surface area (Å²) >= 11 is 0. The summed E-state index contributed by atoms with van der Waals surface area (Å²) in [6.07, 6.45) is 0.572. The van der Waals surface area contributed by atoms with Gasteiger partial charge in [0, 0.05) is 6.42 Å². The van der Waals surface area contributed by atoms with Crippen LogP contribution in [-0.2, 0) is 4.79 Å². The number of hydrogen-bond donors (Lipinski definition) is 4. The number of rotatable bonds is 6. The average Bonchev–Trinajstić information content (AvgIpc) is 2.37. The maximum absolute atomic E-state index is 11.6. The molecule has 0 unspecified atom stereocenters. The highest BCUT2D eigenvalue weighted by Gasteiger charge is 2.23. The number of amides is 1. The smallest absolute Gasteiger partial charge is 0.337 e. The Morgan fingerprint density at radius 2 is 1.43 bits per heavy atom. The number of anilines is 1. The number of nitrogens with one attached hydrogen (secondary N) is 1. The number of carbonyl (C=O) groups excluding carboxylic acids is 1. The zero-order valence-electron chi connectivity index (χ0n) is 11.0. The summed E-state index contributed by atoms with van der Waals surface area (Å²) in [7, 11) is 0. The van der Waals surface area contributed by atoms with Crippen molar-refractivity contribution < 1.29 is 34.5 Å². The summed E-state index contributed by atoms with van der Waals surface area (Å²) in [5, 5.41) is 29.3. The van der Waals surface area contributed by atoms with E-state index in [1.807, 2.05) is 0 Å². The van der Waals surface area contributed by atoms with Crippen LogP contribution in [0.25, 0.3) is 0 Å². The molecule has 8 nitrogen and oxygen atoms in total. The fourth-order valence-corrected chi connectivity index (χ4v) is 1.67. The number of carboxylic acids is 3. The molecule has 1 amide bonds. The third-order valence-electron chi connectivity index (χ3n) is 2.59. The minimum Gasteiger partial charge on any atom is -0.478 e. The third kappa shape index (κ3) is 3.78. The molecule has 0 heterocycles. The summed E-state index contributed by atoms with van der Waals surface area (Å²) in [4.78, 5) is 44.8. The lowest BCUT2D eigenvalue weighted by molar-refractivity contribution is -0.116. The van der Waals surface area contributed by atoms with Gasteiger partial charge in [-0.15, -0.1) is 0 Å². The summed E-state index contributed by atoms with van der Waals surface area (Å²) < 4.78 is 0. The van der Waals surface area contributed by atoms with Crippen LogP contribution in [0.15, 0.2) is 12.1 Å². The molecule has 0 radical (unpaired) electrons. The van der Waals surface area contributed by atoms with Gasteiger partial charge in [0.25, 0.3) is 0 Å². The van der Waals surface area contributed by atoms with Crippen LogP contribution in [-0.4, -0.2) is 39.1 Å². The van der Waals surface area contributed by atoms with Gasteiger partial charge in [0.1, 0.15) is 0 Å². The molecule has 4 N–H and O–H groups in total. The van der Waals surface area contributed by atoms with Crippen molar-refractivity contribution in [2.24, 2.45) is 0 Å². The van der Waals surface area contributed by atoms with E-state index in [0.29, 0.717) is 6.42 Å². The number of hydrogen-bond acceptors (Lipinski definition) is 4. The van der Waals surface area contributed by atoms with Crippen molar-refractivity contribution in [3.05, 3.63) is 28.8 Å². The predicted molar refractivity (Wildman–Crippen MR) is 70.9 cm³/mol. The lowest BCUT2D eigenvalue weighted by Crippen LogP contribution is -2.18. The largest absolute Gasteiger partial charge is 0.478 e. The van der Waals surface area contributed by atoms with Crippen molar-refractivity contribution in [2.75, 3.05) is 5.32 Å². The molecule has 0 spiro atoms. The molecule has 0 bridgehead atoms.